The maximum atomic E-state index is 11.1. The molecule has 3 N–H and O–H groups in total. The molecule has 25 heavy (non-hydrogen) atoms. The van der Waals surface area contributed by atoms with E-state index in [-0.39, 0.29) is 28.6 Å². The maximum absolute atomic E-state index is 11.1. The van der Waals surface area contributed by atoms with E-state index in [9.17, 15) is 20.1 Å². The zero-order valence-electron chi connectivity index (χ0n) is 14.8. The Morgan fingerprint density at radius 3 is 2.40 bits per heavy atom. The molecule has 0 aliphatic heterocycles. The number of hydrogen-bond acceptors (Lipinski definition) is 4. The Morgan fingerprint density at radius 1 is 1.12 bits per heavy atom. The van der Waals surface area contributed by atoms with Crippen LogP contribution in [0.1, 0.15) is 31.9 Å². The molecule has 0 amide bonds. The molecule has 0 aromatic heterocycles. The molecular weight excluding hydrogens is 316 g/mol. The van der Waals surface area contributed by atoms with Crippen LogP contribution in [0.25, 0.3) is 5.76 Å². The average molecular weight is 340 g/mol. The van der Waals surface area contributed by atoms with Crippen molar-refractivity contribution in [2.24, 2.45) is 0 Å². The highest BCUT2D eigenvalue weighted by Crippen LogP contribution is 2.34. The minimum atomic E-state index is -0.207. The van der Waals surface area contributed by atoms with Crippen LogP contribution < -0.4 is 0 Å². The molecule has 1 aromatic carbocycles. The van der Waals surface area contributed by atoms with Gasteiger partial charge in [-0.2, -0.15) is 0 Å². The third-order valence-corrected chi connectivity index (χ3v) is 3.46. The number of phenolic OH excluding ortho intramolecular Hbond substituents is 2. The summed E-state index contributed by atoms with van der Waals surface area (Å²) in [4.78, 5) is 11.1. The van der Waals surface area contributed by atoms with Crippen LogP contribution in [0.15, 0.2) is 66.3 Å². The van der Waals surface area contributed by atoms with Gasteiger partial charge in [0.1, 0.15) is 17.3 Å². The van der Waals surface area contributed by atoms with Crippen LogP contribution in [0.4, 0.5) is 0 Å². The quantitative estimate of drug-likeness (QED) is 0.289. The lowest BCUT2D eigenvalue weighted by molar-refractivity contribution is -0.110. The lowest BCUT2D eigenvalue weighted by Crippen LogP contribution is -1.91. The van der Waals surface area contributed by atoms with E-state index in [0.717, 1.165) is 11.1 Å². The summed E-state index contributed by atoms with van der Waals surface area (Å²) >= 11 is 0. The first-order chi connectivity index (χ1) is 11.8. The molecule has 0 saturated heterocycles. The molecule has 1 rings (SSSR count). The van der Waals surface area contributed by atoms with Gasteiger partial charge in [0.25, 0.3) is 0 Å². The molecular formula is C21H24O4. The predicted octanol–water partition coefficient (Wildman–Crippen LogP) is 4.76. The first-order valence-electron chi connectivity index (χ1n) is 7.85. The fraction of sp³-hybridized carbons (Fsp3) is 0.190. The summed E-state index contributed by atoms with van der Waals surface area (Å²) < 4.78 is 0. The van der Waals surface area contributed by atoms with Gasteiger partial charge in [0.2, 0.25) is 0 Å². The molecule has 4 heteroatoms. The topological polar surface area (TPSA) is 77.8 Å². The summed E-state index contributed by atoms with van der Waals surface area (Å²) in [6.07, 6.45) is 9.47. The van der Waals surface area contributed by atoms with Crippen molar-refractivity contribution >= 4 is 11.5 Å². The minimum Gasteiger partial charge on any atom is -0.508 e. The van der Waals surface area contributed by atoms with Gasteiger partial charge in [-0.25, -0.2) is 0 Å². The van der Waals surface area contributed by atoms with Crippen molar-refractivity contribution in [3.8, 4) is 11.5 Å². The highest BCUT2D eigenvalue weighted by atomic mass is 16.3. The number of carbonyl (C=O) groups excluding carboxylic acids is 1. The van der Waals surface area contributed by atoms with Crippen LogP contribution in [0.5, 0.6) is 11.5 Å². The number of benzene rings is 1. The Hall–Kier alpha value is -3.01. The second-order valence-corrected chi connectivity index (χ2v) is 5.85. The van der Waals surface area contributed by atoms with E-state index >= 15 is 0 Å². The van der Waals surface area contributed by atoms with Gasteiger partial charge in [-0.1, -0.05) is 36.0 Å². The second kappa shape index (κ2) is 9.33. The van der Waals surface area contributed by atoms with Crippen LogP contribution >= 0.6 is 0 Å². The molecule has 132 valence electrons. The molecule has 0 spiro atoms. The van der Waals surface area contributed by atoms with Crippen LogP contribution in [-0.4, -0.2) is 21.1 Å². The largest absolute Gasteiger partial charge is 0.508 e. The Labute approximate surface area is 148 Å². The van der Waals surface area contributed by atoms with Crippen molar-refractivity contribution in [2.45, 2.75) is 27.2 Å². The van der Waals surface area contributed by atoms with E-state index in [2.05, 4.69) is 6.58 Å². The van der Waals surface area contributed by atoms with Crippen molar-refractivity contribution in [1.29, 1.82) is 0 Å². The smallest absolute Gasteiger partial charge is 0.178 e. The molecule has 0 bridgehead atoms. The summed E-state index contributed by atoms with van der Waals surface area (Å²) in [7, 11) is 0. The highest BCUT2D eigenvalue weighted by molar-refractivity contribution is 5.99. The third-order valence-electron chi connectivity index (χ3n) is 3.46. The number of hydrogen-bond donors (Lipinski definition) is 3. The monoisotopic (exact) mass is 340 g/mol. The molecule has 0 saturated carbocycles. The first kappa shape index (κ1) is 20.0. The Kier molecular flexibility index (Phi) is 7.47. The molecule has 1 aromatic rings. The summed E-state index contributed by atoms with van der Waals surface area (Å²) in [5.41, 5.74) is 2.38. The average Bonchev–Trinajstić information content (AvgIpc) is 2.57. The molecule has 0 aliphatic carbocycles. The normalized spacial score (nSPS) is 12.3. The van der Waals surface area contributed by atoms with Crippen molar-refractivity contribution in [3.05, 3.63) is 77.4 Å². The fourth-order valence-corrected chi connectivity index (χ4v) is 1.98. The maximum Gasteiger partial charge on any atom is 0.178 e. The van der Waals surface area contributed by atoms with E-state index in [0.29, 0.717) is 12.0 Å². The van der Waals surface area contributed by atoms with Crippen molar-refractivity contribution in [2.75, 3.05) is 0 Å². The van der Waals surface area contributed by atoms with Gasteiger partial charge in [0.05, 0.1) is 5.56 Å². The predicted molar refractivity (Wildman–Crippen MR) is 102 cm³/mol. The lowest BCUT2D eigenvalue weighted by Gasteiger charge is -2.10. The summed E-state index contributed by atoms with van der Waals surface area (Å²) in [5, 5.41) is 30.5. The van der Waals surface area contributed by atoms with Crippen LogP contribution in [0.2, 0.25) is 0 Å². The number of aliphatic hydroxyl groups excluding tert-OH is 1. The molecule has 0 heterocycles. The van der Waals surface area contributed by atoms with Gasteiger partial charge in [-0.15, -0.1) is 0 Å². The Bertz CT molecular complexity index is 773. The van der Waals surface area contributed by atoms with E-state index in [1.165, 1.54) is 30.4 Å². The van der Waals surface area contributed by atoms with Gasteiger partial charge < -0.3 is 15.3 Å². The number of phenols is 2. The SMILES string of the molecule is C=CC(=O)C=CC(C)=CC=C(O)c1ccc(O)c(CC=C(C)C)c1O. The van der Waals surface area contributed by atoms with E-state index in [1.807, 2.05) is 19.9 Å². The molecule has 0 fully saturated rings. The van der Waals surface area contributed by atoms with Gasteiger partial charge in [-0.3, -0.25) is 4.79 Å². The standard InChI is InChI=1S/C21H24O4/c1-5-16(22)9-7-15(4)8-12-19(23)18-11-13-20(24)17(21(18)25)10-6-14(2)3/h5-9,11-13,23-25H,1,10H2,2-4H3. The zero-order valence-corrected chi connectivity index (χ0v) is 14.8. The van der Waals surface area contributed by atoms with Gasteiger partial charge >= 0.3 is 0 Å². The van der Waals surface area contributed by atoms with Crippen LogP contribution in [0, 0.1) is 0 Å². The molecule has 0 unspecified atom stereocenters. The highest BCUT2D eigenvalue weighted by Gasteiger charge is 2.13. The van der Waals surface area contributed by atoms with Gasteiger partial charge in [0.15, 0.2) is 5.78 Å². The van der Waals surface area contributed by atoms with Gasteiger partial charge in [-0.05, 0) is 57.6 Å². The van der Waals surface area contributed by atoms with Gasteiger partial charge in [0, 0.05) is 5.56 Å². The number of allylic oxidation sites excluding steroid dienone is 8. The lowest BCUT2D eigenvalue weighted by atomic mass is 10.0. The zero-order chi connectivity index (χ0) is 19.0. The number of aliphatic hydroxyl groups is 1. The Balaban J connectivity index is 3.13. The van der Waals surface area contributed by atoms with E-state index in [1.54, 1.807) is 19.1 Å². The summed E-state index contributed by atoms with van der Waals surface area (Å²) in [6.45, 7) is 9.00. The number of rotatable bonds is 7. The van der Waals surface area contributed by atoms with E-state index in [4.69, 9.17) is 0 Å². The van der Waals surface area contributed by atoms with Crippen LogP contribution in [-0.2, 0) is 11.2 Å². The number of carbonyl (C=O) groups is 1. The van der Waals surface area contributed by atoms with E-state index < -0.39 is 0 Å². The first-order valence-corrected chi connectivity index (χ1v) is 7.85. The summed E-state index contributed by atoms with van der Waals surface area (Å²) in [6, 6.07) is 2.88. The van der Waals surface area contributed by atoms with Crippen LogP contribution in [0.3, 0.4) is 0 Å². The number of aromatic hydroxyl groups is 2. The third kappa shape index (κ3) is 6.18. The summed E-state index contributed by atoms with van der Waals surface area (Å²) in [5.74, 6) is -0.529. The second-order valence-electron chi connectivity index (χ2n) is 5.85. The fourth-order valence-electron chi connectivity index (χ4n) is 1.98. The van der Waals surface area contributed by atoms with Crippen molar-refractivity contribution < 1.29 is 20.1 Å². The van der Waals surface area contributed by atoms with Crippen molar-refractivity contribution in [3.63, 3.8) is 0 Å². The molecule has 0 atom stereocenters. The van der Waals surface area contributed by atoms with Crippen molar-refractivity contribution in [1.82, 2.24) is 0 Å². The Morgan fingerprint density at radius 2 is 1.80 bits per heavy atom. The number of ketones is 1. The minimum absolute atomic E-state index is 0.0239. The molecule has 0 aliphatic rings. The molecule has 4 nitrogen and oxygen atoms in total. The molecule has 0 radical (unpaired) electrons.